The number of benzene rings is 3. The minimum atomic E-state index is -0.761. The Kier molecular flexibility index (Phi) is 4.68. The van der Waals surface area contributed by atoms with Gasteiger partial charge in [-0.25, -0.2) is 0 Å². The molecule has 0 aliphatic heterocycles. The lowest BCUT2D eigenvalue weighted by molar-refractivity contribution is -0.144. The molecule has 142 valence electrons. The number of carboxylic acid groups (broad SMARTS) is 1. The van der Waals surface area contributed by atoms with Gasteiger partial charge in [0.2, 0.25) is 0 Å². The maximum Gasteiger partial charge on any atom is 0.308 e. The fourth-order valence-corrected chi connectivity index (χ4v) is 5.03. The highest BCUT2D eigenvalue weighted by Gasteiger charge is 2.55. The zero-order valence-corrected chi connectivity index (χ0v) is 16.1. The fraction of sp³-hybridized carbons (Fsp3) is 0.240. The highest BCUT2D eigenvalue weighted by Crippen LogP contribution is 2.58. The Labute approximate surface area is 165 Å². The molecule has 3 aromatic carbocycles. The molecule has 0 amide bonds. The molecule has 0 saturated carbocycles. The second kappa shape index (κ2) is 7.16. The monoisotopic (exact) mass is 372 g/mol. The molecule has 3 unspecified atom stereocenters. The van der Waals surface area contributed by atoms with E-state index in [9.17, 15) is 9.90 Å². The number of hydrogen-bond donors (Lipinski definition) is 1. The number of hydrogen-bond acceptors (Lipinski definition) is 2. The predicted molar refractivity (Wildman–Crippen MR) is 110 cm³/mol. The Morgan fingerprint density at radius 1 is 0.964 bits per heavy atom. The fourth-order valence-electron chi connectivity index (χ4n) is 5.03. The molecular weight excluding hydrogens is 348 g/mol. The van der Waals surface area contributed by atoms with E-state index in [1.165, 1.54) is 0 Å². The first-order chi connectivity index (χ1) is 13.6. The van der Waals surface area contributed by atoms with Crippen molar-refractivity contribution >= 4 is 5.97 Å². The van der Waals surface area contributed by atoms with E-state index < -0.39 is 17.3 Å². The van der Waals surface area contributed by atoms with Crippen molar-refractivity contribution in [2.75, 3.05) is 7.11 Å². The number of carboxylic acids is 1. The summed E-state index contributed by atoms with van der Waals surface area (Å²) in [6.07, 6.45) is 0.705. The Morgan fingerprint density at radius 3 is 2.21 bits per heavy atom. The molecule has 4 rings (SSSR count). The van der Waals surface area contributed by atoms with Crippen LogP contribution < -0.4 is 4.74 Å². The van der Waals surface area contributed by atoms with Crippen molar-refractivity contribution in [2.45, 2.75) is 24.7 Å². The van der Waals surface area contributed by atoms with Crippen LogP contribution in [0, 0.1) is 5.92 Å². The molecule has 0 heterocycles. The Hall–Kier alpha value is -3.07. The maximum absolute atomic E-state index is 12.7. The lowest BCUT2D eigenvalue weighted by atomic mass is 9.65. The smallest absolute Gasteiger partial charge is 0.308 e. The largest absolute Gasteiger partial charge is 0.497 e. The first-order valence-electron chi connectivity index (χ1n) is 9.65. The quantitative estimate of drug-likeness (QED) is 0.666. The number of ether oxygens (including phenoxy) is 1. The molecule has 1 N–H and O–H groups in total. The molecule has 0 radical (unpaired) electrons. The van der Waals surface area contributed by atoms with Gasteiger partial charge in [0.25, 0.3) is 0 Å². The first kappa shape index (κ1) is 18.3. The van der Waals surface area contributed by atoms with Crippen LogP contribution in [0.25, 0.3) is 0 Å². The van der Waals surface area contributed by atoms with Crippen LogP contribution in [-0.2, 0) is 10.2 Å². The van der Waals surface area contributed by atoms with Crippen LogP contribution in [0.4, 0.5) is 0 Å². The summed E-state index contributed by atoms with van der Waals surface area (Å²) in [6.45, 7) is 2.09. The summed E-state index contributed by atoms with van der Waals surface area (Å²) in [5.41, 5.74) is 3.71. The summed E-state index contributed by atoms with van der Waals surface area (Å²) in [6, 6.07) is 26.1. The van der Waals surface area contributed by atoms with E-state index >= 15 is 0 Å². The van der Waals surface area contributed by atoms with Crippen LogP contribution in [-0.4, -0.2) is 18.2 Å². The van der Waals surface area contributed by atoms with Crippen LogP contribution in [0.1, 0.15) is 41.5 Å². The van der Waals surface area contributed by atoms with E-state index in [2.05, 4.69) is 19.1 Å². The molecule has 0 fully saturated rings. The molecule has 1 aliphatic carbocycles. The van der Waals surface area contributed by atoms with Crippen molar-refractivity contribution in [3.63, 3.8) is 0 Å². The van der Waals surface area contributed by atoms with Gasteiger partial charge in [-0.3, -0.25) is 4.79 Å². The Balaban J connectivity index is 2.00. The summed E-state index contributed by atoms with van der Waals surface area (Å²) in [5, 5.41) is 10.4. The van der Waals surface area contributed by atoms with Crippen LogP contribution in [0.5, 0.6) is 5.75 Å². The molecule has 28 heavy (non-hydrogen) atoms. The minimum Gasteiger partial charge on any atom is -0.497 e. The standard InChI is InChI=1S/C25H24O3/c1-3-25(18-13-15-19(28-2)16-14-18)21-12-8-7-11-20(21)22(23(25)24(26)27)17-9-5-4-6-10-17/h4-16,22-23H,3H2,1-2H3,(H,26,27). The number of carbonyl (C=O) groups is 1. The second-order valence-electron chi connectivity index (χ2n) is 7.34. The van der Waals surface area contributed by atoms with Gasteiger partial charge in [0.15, 0.2) is 0 Å². The maximum atomic E-state index is 12.7. The third-order valence-electron chi connectivity index (χ3n) is 6.23. The molecule has 3 atom stereocenters. The third-order valence-corrected chi connectivity index (χ3v) is 6.23. The Bertz CT molecular complexity index is 978. The van der Waals surface area contributed by atoms with Gasteiger partial charge in [0.1, 0.15) is 5.75 Å². The summed E-state index contributed by atoms with van der Waals surface area (Å²) in [4.78, 5) is 12.7. The average Bonchev–Trinajstić information content (AvgIpc) is 3.06. The van der Waals surface area contributed by atoms with E-state index in [0.717, 1.165) is 28.0 Å². The lowest BCUT2D eigenvalue weighted by Gasteiger charge is -2.36. The topological polar surface area (TPSA) is 46.5 Å². The van der Waals surface area contributed by atoms with E-state index in [4.69, 9.17) is 4.74 Å². The van der Waals surface area contributed by atoms with E-state index in [-0.39, 0.29) is 5.92 Å². The molecule has 3 aromatic rings. The molecular formula is C25H24O3. The highest BCUT2D eigenvalue weighted by molar-refractivity contribution is 5.79. The summed E-state index contributed by atoms with van der Waals surface area (Å²) in [7, 11) is 1.64. The normalized spacial score (nSPS) is 23.2. The van der Waals surface area contributed by atoms with E-state index in [1.54, 1.807) is 7.11 Å². The van der Waals surface area contributed by atoms with Crippen molar-refractivity contribution in [3.05, 3.63) is 101 Å². The van der Waals surface area contributed by atoms with E-state index in [0.29, 0.717) is 6.42 Å². The predicted octanol–water partition coefficient (Wildman–Crippen LogP) is 5.24. The molecule has 0 aromatic heterocycles. The average molecular weight is 372 g/mol. The van der Waals surface area contributed by atoms with Crippen molar-refractivity contribution < 1.29 is 14.6 Å². The van der Waals surface area contributed by atoms with E-state index in [1.807, 2.05) is 66.7 Å². The summed E-state index contributed by atoms with van der Waals surface area (Å²) in [5.74, 6) is -0.752. The van der Waals surface area contributed by atoms with Crippen molar-refractivity contribution in [2.24, 2.45) is 5.92 Å². The van der Waals surface area contributed by atoms with Gasteiger partial charge in [-0.15, -0.1) is 0 Å². The van der Waals surface area contributed by atoms with Gasteiger partial charge in [-0.1, -0.05) is 73.7 Å². The van der Waals surface area contributed by atoms with Crippen LogP contribution in [0.15, 0.2) is 78.9 Å². The number of methoxy groups -OCH3 is 1. The van der Waals surface area contributed by atoms with Gasteiger partial charge in [-0.05, 0) is 40.8 Å². The first-order valence-corrected chi connectivity index (χ1v) is 9.65. The Morgan fingerprint density at radius 2 is 1.61 bits per heavy atom. The van der Waals surface area contributed by atoms with Crippen LogP contribution >= 0.6 is 0 Å². The number of aliphatic carboxylic acids is 1. The molecule has 0 spiro atoms. The molecule has 3 heteroatoms. The third kappa shape index (κ3) is 2.62. The van der Waals surface area contributed by atoms with Crippen LogP contribution in [0.3, 0.4) is 0 Å². The van der Waals surface area contributed by atoms with Crippen molar-refractivity contribution in [3.8, 4) is 5.75 Å². The summed E-state index contributed by atoms with van der Waals surface area (Å²) < 4.78 is 5.32. The van der Waals surface area contributed by atoms with Gasteiger partial charge in [-0.2, -0.15) is 0 Å². The molecule has 1 aliphatic rings. The summed E-state index contributed by atoms with van der Waals surface area (Å²) >= 11 is 0. The van der Waals surface area contributed by atoms with Gasteiger partial charge >= 0.3 is 5.97 Å². The van der Waals surface area contributed by atoms with Crippen molar-refractivity contribution in [1.82, 2.24) is 0 Å². The highest BCUT2D eigenvalue weighted by atomic mass is 16.5. The molecule has 3 nitrogen and oxygen atoms in total. The second-order valence-corrected chi connectivity index (χ2v) is 7.34. The zero-order valence-electron chi connectivity index (χ0n) is 16.1. The molecule has 0 bridgehead atoms. The van der Waals surface area contributed by atoms with Crippen molar-refractivity contribution in [1.29, 1.82) is 0 Å². The van der Waals surface area contributed by atoms with Gasteiger partial charge in [0.05, 0.1) is 13.0 Å². The number of rotatable bonds is 5. The number of fused-ring (bicyclic) bond motifs is 1. The van der Waals surface area contributed by atoms with Crippen LogP contribution in [0.2, 0.25) is 0 Å². The SMILES string of the molecule is CCC1(c2ccc(OC)cc2)c2ccccc2C(c2ccccc2)C1C(=O)O. The molecule has 0 saturated heterocycles. The van der Waals surface area contributed by atoms with Gasteiger partial charge < -0.3 is 9.84 Å². The van der Waals surface area contributed by atoms with Gasteiger partial charge in [0, 0.05) is 11.3 Å². The lowest BCUT2D eigenvalue weighted by Crippen LogP contribution is -2.39. The zero-order chi connectivity index (χ0) is 19.7. The minimum absolute atomic E-state index is 0.183.